The van der Waals surface area contributed by atoms with Gasteiger partial charge in [0.2, 0.25) is 5.91 Å². The second-order valence-corrected chi connectivity index (χ2v) is 10.4. The minimum atomic E-state index is -4.06. The van der Waals surface area contributed by atoms with Crippen molar-refractivity contribution in [3.05, 3.63) is 11.6 Å². The first-order valence-electron chi connectivity index (χ1n) is 7.87. The Balaban J connectivity index is 2.34. The van der Waals surface area contributed by atoms with E-state index < -0.39 is 46.0 Å². The highest BCUT2D eigenvalue weighted by molar-refractivity contribution is 7.91. The Morgan fingerprint density at radius 2 is 1.81 bits per heavy atom. The average Bonchev–Trinajstić information content (AvgIpc) is 2.90. The molecule has 146 valence electrons. The largest absolute Gasteiger partial charge is 0.366 e. The lowest BCUT2D eigenvalue weighted by Crippen LogP contribution is -2.42. The molecular formula is C15H21F2N3O4S2. The van der Waals surface area contributed by atoms with E-state index in [1.54, 1.807) is 20.8 Å². The molecule has 3 N–H and O–H groups in total. The highest BCUT2D eigenvalue weighted by Gasteiger charge is 2.39. The Bertz CT molecular complexity index is 818. The van der Waals surface area contributed by atoms with Crippen LogP contribution in [-0.4, -0.2) is 43.5 Å². The first-order valence-corrected chi connectivity index (χ1v) is 10.1. The zero-order chi connectivity index (χ0) is 19.9. The van der Waals surface area contributed by atoms with Gasteiger partial charge in [-0.15, -0.1) is 11.3 Å². The Hall–Kier alpha value is -1.59. The number of amides is 2. The number of anilines is 1. The number of sulfonamides is 1. The zero-order valence-corrected chi connectivity index (χ0v) is 16.3. The van der Waals surface area contributed by atoms with Crippen molar-refractivity contribution >= 4 is 38.2 Å². The Labute approximate surface area is 154 Å². The molecule has 0 bridgehead atoms. The van der Waals surface area contributed by atoms with E-state index in [9.17, 15) is 26.8 Å². The number of primary amides is 1. The summed E-state index contributed by atoms with van der Waals surface area (Å²) in [4.78, 5) is 23.8. The summed E-state index contributed by atoms with van der Waals surface area (Å²) in [5.41, 5.74) is 4.38. The maximum atomic E-state index is 13.3. The van der Waals surface area contributed by atoms with Crippen LogP contribution < -0.4 is 11.1 Å². The first kappa shape index (κ1) is 20.7. The van der Waals surface area contributed by atoms with Crippen LogP contribution in [-0.2, 0) is 14.8 Å². The van der Waals surface area contributed by atoms with Crippen LogP contribution in [0.3, 0.4) is 0 Å². The lowest BCUT2D eigenvalue weighted by Gasteiger charge is -2.30. The van der Waals surface area contributed by atoms with Crippen LogP contribution in [0, 0.1) is 5.41 Å². The lowest BCUT2D eigenvalue weighted by atomic mass is 9.96. The molecular weight excluding hydrogens is 388 g/mol. The van der Waals surface area contributed by atoms with Gasteiger partial charge in [-0.1, -0.05) is 20.8 Å². The number of carbonyl (C=O) groups excluding carboxylic acids is 2. The molecule has 0 atom stereocenters. The van der Waals surface area contributed by atoms with Crippen molar-refractivity contribution in [1.29, 1.82) is 0 Å². The van der Waals surface area contributed by atoms with Gasteiger partial charge in [0.15, 0.2) is 0 Å². The van der Waals surface area contributed by atoms with Crippen molar-refractivity contribution in [3.63, 3.8) is 0 Å². The van der Waals surface area contributed by atoms with Crippen molar-refractivity contribution in [2.24, 2.45) is 11.1 Å². The van der Waals surface area contributed by atoms with Gasteiger partial charge in [-0.05, 0) is 6.07 Å². The molecule has 1 aromatic rings. The van der Waals surface area contributed by atoms with Crippen molar-refractivity contribution in [3.8, 4) is 0 Å². The molecule has 0 unspecified atom stereocenters. The van der Waals surface area contributed by atoms with Crippen molar-refractivity contribution in [2.75, 3.05) is 18.4 Å². The maximum Gasteiger partial charge on any atom is 0.252 e. The van der Waals surface area contributed by atoms with Gasteiger partial charge in [0.25, 0.3) is 21.9 Å². The molecule has 2 heterocycles. The summed E-state index contributed by atoms with van der Waals surface area (Å²) in [7, 11) is -4.06. The van der Waals surface area contributed by atoms with Gasteiger partial charge >= 0.3 is 0 Å². The summed E-state index contributed by atoms with van der Waals surface area (Å²) in [6.45, 7) is 4.34. The maximum absolute atomic E-state index is 13.3. The number of nitrogens with two attached hydrogens (primary N) is 1. The molecule has 1 aromatic heterocycles. The van der Waals surface area contributed by atoms with Crippen LogP contribution >= 0.6 is 11.3 Å². The quantitative estimate of drug-likeness (QED) is 0.795. The van der Waals surface area contributed by atoms with E-state index >= 15 is 0 Å². The minimum absolute atomic E-state index is 0.0262. The van der Waals surface area contributed by atoms with Gasteiger partial charge in [-0.3, -0.25) is 9.59 Å². The zero-order valence-electron chi connectivity index (χ0n) is 14.6. The number of piperidine rings is 1. The van der Waals surface area contributed by atoms with Gasteiger partial charge in [-0.2, -0.15) is 4.31 Å². The van der Waals surface area contributed by atoms with Gasteiger partial charge in [0.05, 0.1) is 5.56 Å². The van der Waals surface area contributed by atoms with Crippen LogP contribution in [0.4, 0.5) is 13.8 Å². The number of hydrogen-bond donors (Lipinski definition) is 2. The second kappa shape index (κ2) is 6.86. The Morgan fingerprint density at radius 3 is 2.27 bits per heavy atom. The van der Waals surface area contributed by atoms with E-state index in [1.807, 2.05) is 0 Å². The van der Waals surface area contributed by atoms with Crippen molar-refractivity contribution in [1.82, 2.24) is 4.31 Å². The molecule has 7 nitrogen and oxygen atoms in total. The normalized spacial score (nSPS) is 18.5. The summed E-state index contributed by atoms with van der Waals surface area (Å²) < 4.78 is 52.7. The van der Waals surface area contributed by atoms with E-state index in [0.29, 0.717) is 11.3 Å². The van der Waals surface area contributed by atoms with Gasteiger partial charge < -0.3 is 11.1 Å². The third-order valence-corrected chi connectivity index (χ3v) is 7.33. The van der Waals surface area contributed by atoms with E-state index in [2.05, 4.69) is 5.32 Å². The average molecular weight is 409 g/mol. The van der Waals surface area contributed by atoms with E-state index in [4.69, 9.17) is 5.73 Å². The topological polar surface area (TPSA) is 110 Å². The van der Waals surface area contributed by atoms with Crippen LogP contribution in [0.2, 0.25) is 0 Å². The molecule has 2 rings (SSSR count). The van der Waals surface area contributed by atoms with Gasteiger partial charge in [-0.25, -0.2) is 17.2 Å². The molecule has 1 fully saturated rings. The lowest BCUT2D eigenvalue weighted by molar-refractivity contribution is -0.123. The molecule has 0 aliphatic carbocycles. The molecule has 1 aliphatic heterocycles. The van der Waals surface area contributed by atoms with Crippen molar-refractivity contribution < 1.29 is 26.8 Å². The fourth-order valence-electron chi connectivity index (χ4n) is 2.24. The first-order chi connectivity index (χ1) is 11.7. The van der Waals surface area contributed by atoms with Crippen LogP contribution in [0.1, 0.15) is 44.0 Å². The molecule has 0 aromatic carbocycles. The fraction of sp³-hybridized carbons (Fsp3) is 0.600. The monoisotopic (exact) mass is 409 g/mol. The highest BCUT2D eigenvalue weighted by Crippen LogP contribution is 2.36. The molecule has 26 heavy (non-hydrogen) atoms. The summed E-state index contributed by atoms with van der Waals surface area (Å²) >= 11 is 0.683. The van der Waals surface area contributed by atoms with Crippen LogP contribution in [0.5, 0.6) is 0 Å². The Kier molecular flexibility index (Phi) is 5.46. The van der Waals surface area contributed by atoms with Gasteiger partial charge in [0, 0.05) is 31.3 Å². The third kappa shape index (κ3) is 4.38. The summed E-state index contributed by atoms with van der Waals surface area (Å²) in [5, 5.41) is 2.54. The molecule has 1 aliphatic rings. The second-order valence-electron chi connectivity index (χ2n) is 7.14. The minimum Gasteiger partial charge on any atom is -0.366 e. The smallest absolute Gasteiger partial charge is 0.252 e. The standard InChI is InChI=1S/C15H21F2N3O4S2/c1-14(2,3)13(22)19-12-9(11(18)21)8-10(25-12)26(23,24)20-6-4-15(16,17)5-7-20/h8H,4-7H2,1-3H3,(H2,18,21)(H,19,22). The number of alkyl halides is 2. The number of carbonyl (C=O) groups is 2. The van der Waals surface area contributed by atoms with E-state index in [1.165, 1.54) is 0 Å². The number of rotatable bonds is 4. The molecule has 0 spiro atoms. The molecule has 2 amide bonds. The predicted molar refractivity (Wildman–Crippen MR) is 93.9 cm³/mol. The summed E-state index contributed by atoms with van der Waals surface area (Å²) in [5.74, 6) is -4.19. The number of nitrogens with one attached hydrogen (secondary N) is 1. The van der Waals surface area contributed by atoms with E-state index in [-0.39, 0.29) is 27.9 Å². The van der Waals surface area contributed by atoms with E-state index in [0.717, 1.165) is 10.4 Å². The SMILES string of the molecule is CC(C)(C)C(=O)Nc1sc(S(=O)(=O)N2CCC(F)(F)CC2)cc1C(N)=O. The predicted octanol–water partition coefficient (Wildman–Crippen LogP) is 2.25. The third-order valence-electron chi connectivity index (χ3n) is 3.93. The van der Waals surface area contributed by atoms with Gasteiger partial charge in [0.1, 0.15) is 9.21 Å². The van der Waals surface area contributed by atoms with Crippen molar-refractivity contribution in [2.45, 2.75) is 43.7 Å². The highest BCUT2D eigenvalue weighted by atomic mass is 32.2. The molecule has 11 heteroatoms. The summed E-state index contributed by atoms with van der Waals surface area (Å²) in [6.07, 6.45) is -1.12. The number of thiophene rings is 1. The van der Waals surface area contributed by atoms with Crippen LogP contribution in [0.15, 0.2) is 10.3 Å². The fourth-order valence-corrected chi connectivity index (χ4v) is 5.21. The number of nitrogens with zero attached hydrogens (tertiary/aromatic N) is 1. The number of hydrogen-bond acceptors (Lipinski definition) is 5. The summed E-state index contributed by atoms with van der Waals surface area (Å²) in [6, 6.07) is 1.08. The molecule has 0 radical (unpaired) electrons. The molecule has 1 saturated heterocycles. The Morgan fingerprint density at radius 1 is 1.27 bits per heavy atom. The van der Waals surface area contributed by atoms with Crippen LogP contribution in [0.25, 0.3) is 0 Å². The molecule has 0 saturated carbocycles. The number of halogens is 2.